The molecule has 2 rings (SSSR count). The number of rotatable bonds is 6. The quantitative estimate of drug-likeness (QED) is 0.609. The van der Waals surface area contributed by atoms with E-state index in [2.05, 4.69) is 15.5 Å². The first-order valence-corrected chi connectivity index (χ1v) is 10.6. The average molecular weight is 365 g/mol. The Balaban J connectivity index is 1.96. The highest BCUT2D eigenvalue weighted by molar-refractivity contribution is 8.01. The topological polar surface area (TPSA) is 92.3 Å². The maximum absolute atomic E-state index is 12.3. The predicted octanol–water partition coefficient (Wildman–Crippen LogP) is 1.65. The van der Waals surface area contributed by atoms with Gasteiger partial charge >= 0.3 is 0 Å². The molecule has 10 heteroatoms. The molecular weight excluding hydrogens is 344 g/mol. The monoisotopic (exact) mass is 364 g/mol. The van der Waals surface area contributed by atoms with Crippen LogP contribution in [-0.2, 0) is 14.8 Å². The molecule has 1 atom stereocenters. The van der Waals surface area contributed by atoms with Crippen LogP contribution in [0.4, 0.5) is 5.13 Å². The zero-order valence-electron chi connectivity index (χ0n) is 12.6. The highest BCUT2D eigenvalue weighted by Gasteiger charge is 2.31. The summed E-state index contributed by atoms with van der Waals surface area (Å²) in [5.74, 6) is 0.450. The van der Waals surface area contributed by atoms with Gasteiger partial charge in [0.05, 0.1) is 11.7 Å². The van der Waals surface area contributed by atoms with Crippen molar-refractivity contribution in [3.05, 3.63) is 0 Å². The average Bonchev–Trinajstić information content (AvgIpc) is 2.95. The predicted molar refractivity (Wildman–Crippen MR) is 88.7 cm³/mol. The molecule has 1 aromatic heterocycles. The third kappa shape index (κ3) is 4.40. The van der Waals surface area contributed by atoms with Crippen molar-refractivity contribution in [2.75, 3.05) is 29.9 Å². The minimum absolute atomic E-state index is 0.0648. The Morgan fingerprint density at radius 1 is 1.45 bits per heavy atom. The fraction of sp³-hybridized carbons (Fsp3) is 0.750. The molecule has 124 valence electrons. The minimum Gasteiger partial charge on any atom is -0.300 e. The van der Waals surface area contributed by atoms with Crippen LogP contribution in [-0.4, -0.2) is 53.4 Å². The first-order chi connectivity index (χ1) is 10.5. The molecule has 0 bridgehead atoms. The number of carbonyl (C=O) groups excluding carboxylic acids is 1. The number of nitrogens with one attached hydrogen (secondary N) is 1. The van der Waals surface area contributed by atoms with Gasteiger partial charge in [0.2, 0.25) is 21.1 Å². The van der Waals surface area contributed by atoms with E-state index in [4.69, 9.17) is 0 Å². The van der Waals surface area contributed by atoms with Crippen molar-refractivity contribution in [3.8, 4) is 0 Å². The summed E-state index contributed by atoms with van der Waals surface area (Å²) in [5.41, 5.74) is 0. The molecule has 0 aliphatic carbocycles. The molecule has 1 aliphatic rings. The molecule has 1 N–H and O–H groups in total. The summed E-state index contributed by atoms with van der Waals surface area (Å²) < 4.78 is 26.1. The normalized spacial score (nSPS) is 20.0. The number of thioether (sulfide) groups is 1. The van der Waals surface area contributed by atoms with E-state index < -0.39 is 10.0 Å². The highest BCUT2D eigenvalue weighted by atomic mass is 32.2. The summed E-state index contributed by atoms with van der Waals surface area (Å²) in [6, 6.07) is 0. The van der Waals surface area contributed by atoms with Gasteiger partial charge in [0, 0.05) is 13.1 Å². The Morgan fingerprint density at radius 2 is 2.23 bits per heavy atom. The maximum Gasteiger partial charge on any atom is 0.230 e. The second-order valence-electron chi connectivity index (χ2n) is 4.89. The molecule has 0 unspecified atom stereocenters. The molecule has 1 amide bonds. The third-order valence-electron chi connectivity index (χ3n) is 3.42. The first-order valence-electron chi connectivity index (χ1n) is 7.21. The van der Waals surface area contributed by atoms with E-state index in [1.807, 2.05) is 6.92 Å². The SMILES string of the molecule is CCSc1nnc(NC(=O)[C@H]2CCCN(S(=O)(=O)CC)C2)s1. The Morgan fingerprint density at radius 3 is 2.91 bits per heavy atom. The molecule has 0 aromatic carbocycles. The number of nitrogens with zero attached hydrogens (tertiary/aromatic N) is 3. The summed E-state index contributed by atoms with van der Waals surface area (Å²) in [7, 11) is -3.24. The van der Waals surface area contributed by atoms with Crippen LogP contribution < -0.4 is 5.32 Å². The van der Waals surface area contributed by atoms with Gasteiger partial charge < -0.3 is 5.32 Å². The van der Waals surface area contributed by atoms with Gasteiger partial charge in [-0.3, -0.25) is 4.79 Å². The fourth-order valence-electron chi connectivity index (χ4n) is 2.24. The van der Waals surface area contributed by atoms with Gasteiger partial charge in [-0.15, -0.1) is 10.2 Å². The van der Waals surface area contributed by atoms with Crippen LogP contribution in [0.25, 0.3) is 0 Å². The molecule has 2 heterocycles. The van der Waals surface area contributed by atoms with Crippen LogP contribution in [0, 0.1) is 5.92 Å². The number of hydrogen-bond acceptors (Lipinski definition) is 7. The Hall–Kier alpha value is -0.710. The molecule has 1 saturated heterocycles. The van der Waals surface area contributed by atoms with Gasteiger partial charge in [-0.25, -0.2) is 12.7 Å². The number of aromatic nitrogens is 2. The molecule has 1 aromatic rings. The van der Waals surface area contributed by atoms with Gasteiger partial charge in [0.15, 0.2) is 4.34 Å². The molecule has 7 nitrogen and oxygen atoms in total. The van der Waals surface area contributed by atoms with Crippen molar-refractivity contribution in [3.63, 3.8) is 0 Å². The number of sulfonamides is 1. The first kappa shape index (κ1) is 17.6. The molecule has 0 spiro atoms. The number of anilines is 1. The number of carbonyl (C=O) groups is 1. The lowest BCUT2D eigenvalue weighted by atomic mass is 9.99. The lowest BCUT2D eigenvalue weighted by Gasteiger charge is -2.30. The Kier molecular flexibility index (Phi) is 6.18. The van der Waals surface area contributed by atoms with Gasteiger partial charge in [0.25, 0.3) is 0 Å². The summed E-state index contributed by atoms with van der Waals surface area (Å²) in [6.45, 7) is 4.38. The lowest BCUT2D eigenvalue weighted by molar-refractivity contribution is -0.120. The summed E-state index contributed by atoms with van der Waals surface area (Å²) >= 11 is 2.91. The summed E-state index contributed by atoms with van der Waals surface area (Å²) in [6.07, 6.45) is 1.39. The summed E-state index contributed by atoms with van der Waals surface area (Å²) in [4.78, 5) is 12.3. The van der Waals surface area contributed by atoms with Crippen molar-refractivity contribution < 1.29 is 13.2 Å². The van der Waals surface area contributed by atoms with E-state index in [9.17, 15) is 13.2 Å². The van der Waals surface area contributed by atoms with E-state index in [0.717, 1.165) is 10.1 Å². The van der Waals surface area contributed by atoms with E-state index in [1.54, 1.807) is 18.7 Å². The number of amides is 1. The molecule has 1 aliphatic heterocycles. The van der Waals surface area contributed by atoms with E-state index in [-0.39, 0.29) is 24.1 Å². The van der Waals surface area contributed by atoms with Crippen LogP contribution in [0.15, 0.2) is 4.34 Å². The van der Waals surface area contributed by atoms with Gasteiger partial charge in [-0.05, 0) is 25.5 Å². The van der Waals surface area contributed by atoms with Crippen molar-refractivity contribution >= 4 is 44.2 Å². The third-order valence-corrected chi connectivity index (χ3v) is 7.12. The number of hydrogen-bond donors (Lipinski definition) is 1. The molecule has 1 fully saturated rings. The van der Waals surface area contributed by atoms with E-state index in [1.165, 1.54) is 15.6 Å². The van der Waals surface area contributed by atoms with Crippen molar-refractivity contribution in [2.45, 2.75) is 31.0 Å². The Bertz CT molecular complexity index is 617. The van der Waals surface area contributed by atoms with Crippen LogP contribution in [0.3, 0.4) is 0 Å². The standard InChI is InChI=1S/C12H20N4O3S3/c1-3-20-12-15-14-11(21-12)13-10(17)9-6-5-7-16(8-9)22(18,19)4-2/h9H,3-8H2,1-2H3,(H,13,14,17)/t9-/m0/s1. The van der Waals surface area contributed by atoms with Crippen LogP contribution in [0.2, 0.25) is 0 Å². The van der Waals surface area contributed by atoms with Crippen LogP contribution in [0.5, 0.6) is 0 Å². The van der Waals surface area contributed by atoms with Gasteiger partial charge in [-0.2, -0.15) is 0 Å². The molecule has 0 saturated carbocycles. The van der Waals surface area contributed by atoms with Crippen LogP contribution in [0.1, 0.15) is 26.7 Å². The van der Waals surface area contributed by atoms with E-state index in [0.29, 0.717) is 24.5 Å². The largest absolute Gasteiger partial charge is 0.300 e. The molecule has 0 radical (unpaired) electrons. The smallest absolute Gasteiger partial charge is 0.230 e. The van der Waals surface area contributed by atoms with Gasteiger partial charge in [-0.1, -0.05) is 30.0 Å². The molecular formula is C12H20N4O3S3. The minimum atomic E-state index is -3.24. The number of piperidine rings is 1. The van der Waals surface area contributed by atoms with E-state index >= 15 is 0 Å². The van der Waals surface area contributed by atoms with Crippen LogP contribution >= 0.6 is 23.1 Å². The molecule has 22 heavy (non-hydrogen) atoms. The second kappa shape index (κ2) is 7.71. The van der Waals surface area contributed by atoms with Crippen molar-refractivity contribution in [1.29, 1.82) is 0 Å². The van der Waals surface area contributed by atoms with Crippen molar-refractivity contribution in [1.82, 2.24) is 14.5 Å². The zero-order valence-corrected chi connectivity index (χ0v) is 15.1. The lowest BCUT2D eigenvalue weighted by Crippen LogP contribution is -2.44. The fourth-order valence-corrected chi connectivity index (χ4v) is 5.07. The highest BCUT2D eigenvalue weighted by Crippen LogP contribution is 2.26. The van der Waals surface area contributed by atoms with Gasteiger partial charge in [0.1, 0.15) is 0 Å². The second-order valence-corrected chi connectivity index (χ2v) is 9.64. The maximum atomic E-state index is 12.3. The Labute approximate surface area is 138 Å². The summed E-state index contributed by atoms with van der Waals surface area (Å²) in [5, 5.41) is 11.1. The zero-order chi connectivity index (χ0) is 16.2. The van der Waals surface area contributed by atoms with Crippen molar-refractivity contribution in [2.24, 2.45) is 5.92 Å².